The highest BCUT2D eigenvalue weighted by Gasteiger charge is 2.22. The van der Waals surface area contributed by atoms with E-state index < -0.39 is 0 Å². The van der Waals surface area contributed by atoms with Crippen LogP contribution in [-0.2, 0) is 6.54 Å². The Morgan fingerprint density at radius 3 is 2.39 bits per heavy atom. The summed E-state index contributed by atoms with van der Waals surface area (Å²) in [6, 6.07) is 16.5. The van der Waals surface area contributed by atoms with Crippen molar-refractivity contribution in [2.45, 2.75) is 32.9 Å². The molecule has 1 heterocycles. The highest BCUT2D eigenvalue weighted by molar-refractivity contribution is 6.31. The molecule has 0 aliphatic carbocycles. The Labute approximate surface area is 227 Å². The number of aromatic nitrogens is 2. The number of carbonyl (C=O) groups excluding carboxylic acids is 1. The monoisotopic (exact) mass is 537 g/mol. The lowest BCUT2D eigenvalue weighted by Gasteiger charge is -2.18. The van der Waals surface area contributed by atoms with Gasteiger partial charge in [0.05, 0.1) is 45.0 Å². The molecule has 4 rings (SSSR count). The van der Waals surface area contributed by atoms with Gasteiger partial charge >= 0.3 is 0 Å². The molecule has 0 aliphatic heterocycles. The van der Waals surface area contributed by atoms with Crippen LogP contribution in [0.1, 0.15) is 41.1 Å². The summed E-state index contributed by atoms with van der Waals surface area (Å²) >= 11 is 6.12. The number of hydrogen-bond donors (Lipinski definition) is 1. The molecule has 0 saturated heterocycles. The fourth-order valence-corrected chi connectivity index (χ4v) is 4.45. The number of fused-ring (bicyclic) bond motifs is 1. The Bertz CT molecular complexity index is 1410. The predicted molar refractivity (Wildman–Crippen MR) is 148 cm³/mol. The summed E-state index contributed by atoms with van der Waals surface area (Å²) in [5.41, 5.74) is 3.23. The average Bonchev–Trinajstić information content (AvgIpc) is 3.30. The summed E-state index contributed by atoms with van der Waals surface area (Å²) in [4.78, 5) is 18.1. The lowest BCUT2D eigenvalue weighted by Crippen LogP contribution is -2.29. The van der Waals surface area contributed by atoms with Gasteiger partial charge in [0.25, 0.3) is 5.91 Å². The molecule has 0 radical (unpaired) electrons. The van der Waals surface area contributed by atoms with Gasteiger partial charge in [-0.2, -0.15) is 0 Å². The van der Waals surface area contributed by atoms with E-state index in [0.717, 1.165) is 39.6 Å². The highest BCUT2D eigenvalue weighted by atomic mass is 35.5. The lowest BCUT2D eigenvalue weighted by molar-refractivity contribution is 0.0936. The lowest BCUT2D eigenvalue weighted by atomic mass is 10.1. The number of aryl methyl sites for hydroxylation is 2. The number of methoxy groups -OCH3 is 3. The molecule has 4 aromatic rings. The number of carbonyl (C=O) groups is 1. The van der Waals surface area contributed by atoms with E-state index in [9.17, 15) is 4.79 Å². The predicted octanol–water partition coefficient (Wildman–Crippen LogP) is 5.98. The van der Waals surface area contributed by atoms with Gasteiger partial charge in [-0.3, -0.25) is 4.79 Å². The number of benzene rings is 3. The molecule has 0 bridgehead atoms. The van der Waals surface area contributed by atoms with Crippen LogP contribution in [0.3, 0.4) is 0 Å². The number of nitrogens with zero attached hydrogens (tertiary/aromatic N) is 2. The van der Waals surface area contributed by atoms with E-state index in [1.807, 2.05) is 56.3 Å². The smallest absolute Gasteiger partial charge is 0.252 e. The molecule has 9 heteroatoms. The number of rotatable bonds is 11. The first-order valence-electron chi connectivity index (χ1n) is 12.3. The van der Waals surface area contributed by atoms with E-state index in [1.165, 1.54) is 21.3 Å². The largest absolute Gasteiger partial charge is 0.494 e. The summed E-state index contributed by atoms with van der Waals surface area (Å²) in [5, 5.41) is 3.78. The minimum absolute atomic E-state index is 0.281. The van der Waals surface area contributed by atoms with Crippen LogP contribution in [-0.4, -0.2) is 43.4 Å². The molecule has 1 amide bonds. The third kappa shape index (κ3) is 5.81. The highest BCUT2D eigenvalue weighted by Crippen LogP contribution is 2.38. The Balaban J connectivity index is 1.51. The SMILES string of the molecule is COc1cc(C(=O)NC(C)c2nc3ccccc3n2CCCOc2ccc(Cl)c(C)c2)cc(OC)c1OC. The van der Waals surface area contributed by atoms with E-state index in [4.69, 9.17) is 35.5 Å². The van der Waals surface area contributed by atoms with Crippen molar-refractivity contribution >= 4 is 28.5 Å². The van der Waals surface area contributed by atoms with Crippen molar-refractivity contribution in [3.8, 4) is 23.0 Å². The minimum Gasteiger partial charge on any atom is -0.494 e. The maximum atomic E-state index is 13.2. The third-order valence-electron chi connectivity index (χ3n) is 6.27. The number of hydrogen-bond acceptors (Lipinski definition) is 6. The molecule has 8 nitrogen and oxygen atoms in total. The molecule has 1 atom stereocenters. The number of para-hydroxylation sites is 2. The zero-order valence-electron chi connectivity index (χ0n) is 22.2. The number of amides is 1. The Morgan fingerprint density at radius 2 is 1.74 bits per heavy atom. The van der Waals surface area contributed by atoms with Crippen molar-refractivity contribution in [3.05, 3.63) is 76.6 Å². The van der Waals surface area contributed by atoms with Crippen LogP contribution in [0.5, 0.6) is 23.0 Å². The Kier molecular flexibility index (Phi) is 8.63. The molecule has 1 unspecified atom stereocenters. The molecule has 1 N–H and O–H groups in total. The first-order valence-corrected chi connectivity index (χ1v) is 12.7. The van der Waals surface area contributed by atoms with Gasteiger partial charge in [-0.25, -0.2) is 4.98 Å². The van der Waals surface area contributed by atoms with E-state index in [2.05, 4.69) is 9.88 Å². The van der Waals surface area contributed by atoms with Gasteiger partial charge in [0, 0.05) is 17.1 Å². The van der Waals surface area contributed by atoms with Gasteiger partial charge in [-0.05, 0) is 68.3 Å². The third-order valence-corrected chi connectivity index (χ3v) is 6.69. The zero-order valence-corrected chi connectivity index (χ0v) is 23.0. The standard InChI is InChI=1S/C29H32ClN3O5/c1-18-15-21(11-12-22(18)30)38-14-8-13-33-24-10-7-6-9-23(24)32-28(33)19(2)31-29(34)20-16-25(35-3)27(37-5)26(17-20)36-4/h6-7,9-12,15-17,19H,8,13-14H2,1-5H3,(H,31,34). The van der Waals surface area contributed by atoms with Crippen LogP contribution in [0.2, 0.25) is 5.02 Å². The molecule has 200 valence electrons. The molecule has 0 fully saturated rings. The van der Waals surface area contributed by atoms with Crippen molar-refractivity contribution < 1.29 is 23.7 Å². The number of nitrogens with one attached hydrogen (secondary N) is 1. The molecular weight excluding hydrogens is 506 g/mol. The van der Waals surface area contributed by atoms with Crippen LogP contribution in [0.15, 0.2) is 54.6 Å². The van der Waals surface area contributed by atoms with Gasteiger partial charge < -0.3 is 28.8 Å². The van der Waals surface area contributed by atoms with Crippen LogP contribution in [0.4, 0.5) is 0 Å². The summed E-state index contributed by atoms with van der Waals surface area (Å²) in [6.07, 6.45) is 0.753. The molecule has 0 aliphatic rings. The maximum absolute atomic E-state index is 13.2. The molecular formula is C29H32ClN3O5. The van der Waals surface area contributed by atoms with E-state index in [1.54, 1.807) is 12.1 Å². The van der Waals surface area contributed by atoms with Gasteiger partial charge in [-0.15, -0.1) is 0 Å². The van der Waals surface area contributed by atoms with Crippen molar-refractivity contribution in [2.75, 3.05) is 27.9 Å². The topological polar surface area (TPSA) is 83.8 Å². The quantitative estimate of drug-likeness (QED) is 0.237. The summed E-state index contributed by atoms with van der Waals surface area (Å²) in [7, 11) is 4.55. The van der Waals surface area contributed by atoms with Crippen molar-refractivity contribution in [1.29, 1.82) is 0 Å². The van der Waals surface area contributed by atoms with Crippen molar-refractivity contribution in [2.24, 2.45) is 0 Å². The van der Waals surface area contributed by atoms with Crippen LogP contribution >= 0.6 is 11.6 Å². The fraction of sp³-hybridized carbons (Fsp3) is 0.310. The molecule has 1 aromatic heterocycles. The van der Waals surface area contributed by atoms with E-state index in [0.29, 0.717) is 36.0 Å². The molecule has 38 heavy (non-hydrogen) atoms. The molecule has 0 saturated carbocycles. The number of halogens is 1. The first kappa shape index (κ1) is 27.1. The van der Waals surface area contributed by atoms with Crippen LogP contribution < -0.4 is 24.3 Å². The Hall–Kier alpha value is -3.91. The number of ether oxygens (including phenoxy) is 4. The normalized spacial score (nSPS) is 11.7. The first-order chi connectivity index (χ1) is 18.4. The zero-order chi connectivity index (χ0) is 27.2. The Morgan fingerprint density at radius 1 is 1.03 bits per heavy atom. The van der Waals surface area contributed by atoms with Gasteiger partial charge in [0.1, 0.15) is 11.6 Å². The average molecular weight is 538 g/mol. The van der Waals surface area contributed by atoms with Gasteiger partial charge in [-0.1, -0.05) is 23.7 Å². The van der Waals surface area contributed by atoms with Crippen molar-refractivity contribution in [3.63, 3.8) is 0 Å². The maximum Gasteiger partial charge on any atom is 0.252 e. The van der Waals surface area contributed by atoms with E-state index in [-0.39, 0.29) is 11.9 Å². The summed E-state index contributed by atoms with van der Waals surface area (Å²) in [6.45, 7) is 5.07. The second kappa shape index (κ2) is 12.1. The summed E-state index contributed by atoms with van der Waals surface area (Å²) in [5.74, 6) is 2.51. The second-order valence-electron chi connectivity index (χ2n) is 8.83. The van der Waals surface area contributed by atoms with Crippen LogP contribution in [0, 0.1) is 6.92 Å². The second-order valence-corrected chi connectivity index (χ2v) is 9.24. The number of imidazole rings is 1. The molecule has 0 spiro atoms. The van der Waals surface area contributed by atoms with Gasteiger partial charge in [0.2, 0.25) is 5.75 Å². The van der Waals surface area contributed by atoms with Gasteiger partial charge in [0.15, 0.2) is 11.5 Å². The van der Waals surface area contributed by atoms with Crippen molar-refractivity contribution in [1.82, 2.24) is 14.9 Å². The van der Waals surface area contributed by atoms with Crippen LogP contribution in [0.25, 0.3) is 11.0 Å². The minimum atomic E-state index is -0.367. The summed E-state index contributed by atoms with van der Waals surface area (Å²) < 4.78 is 24.2. The fourth-order valence-electron chi connectivity index (χ4n) is 4.34. The van der Waals surface area contributed by atoms with E-state index >= 15 is 0 Å². The molecule has 3 aromatic carbocycles.